The molecule has 0 aliphatic heterocycles. The van der Waals surface area contributed by atoms with Crippen LogP contribution in [-0.2, 0) is 25.9 Å². The predicted octanol–water partition coefficient (Wildman–Crippen LogP) is 5.93. The van der Waals surface area contributed by atoms with Crippen molar-refractivity contribution >= 4 is 16.2 Å². The maximum absolute atomic E-state index is 13.0. The van der Waals surface area contributed by atoms with Crippen LogP contribution in [0.15, 0.2) is 76.2 Å². The van der Waals surface area contributed by atoms with Gasteiger partial charge < -0.3 is 13.9 Å². The second-order valence-electron chi connectivity index (χ2n) is 9.42. The zero-order valence-corrected chi connectivity index (χ0v) is 21.6. The van der Waals surface area contributed by atoms with Crippen molar-refractivity contribution in [3.8, 4) is 0 Å². The average molecular weight is 500 g/mol. The molecule has 35 heavy (non-hydrogen) atoms. The molecule has 0 saturated carbocycles. The summed E-state index contributed by atoms with van der Waals surface area (Å²) in [7, 11) is -3.70. The number of aryl methyl sites for hydroxylation is 1. The number of carbonyl (C=O) groups excluding carboxylic acids is 1. The van der Waals surface area contributed by atoms with Crippen LogP contribution in [-0.4, -0.2) is 26.2 Å². The molecule has 1 N–H and O–H groups in total. The van der Waals surface area contributed by atoms with E-state index in [2.05, 4.69) is 4.72 Å². The summed E-state index contributed by atoms with van der Waals surface area (Å²) in [6.45, 7) is 9.11. The fraction of sp³-hybridized carbons (Fsp3) is 0.370. The molecule has 0 radical (unpaired) electrons. The lowest BCUT2D eigenvalue weighted by atomic mass is 9.95. The second kappa shape index (κ2) is 11.1. The topological polar surface area (TPSA) is 94.8 Å². The Morgan fingerprint density at radius 2 is 1.71 bits per heavy atom. The van der Waals surface area contributed by atoms with Crippen molar-refractivity contribution in [3.05, 3.63) is 89.4 Å². The third kappa shape index (κ3) is 7.44. The maximum atomic E-state index is 13.0. The number of hydrogen-bond donors (Lipinski definition) is 1. The smallest absolute Gasteiger partial charge is 0.465 e. The summed E-state index contributed by atoms with van der Waals surface area (Å²) in [5.74, 6) is 0.441. The van der Waals surface area contributed by atoms with Crippen molar-refractivity contribution in [2.24, 2.45) is 0 Å². The van der Waals surface area contributed by atoms with Gasteiger partial charge in [0.1, 0.15) is 11.4 Å². The normalized spacial score (nSPS) is 13.7. The molecule has 2 atom stereocenters. The Balaban J connectivity index is 1.87. The highest BCUT2D eigenvalue weighted by atomic mass is 32.2. The highest BCUT2D eigenvalue weighted by Crippen LogP contribution is 2.31. The lowest BCUT2D eigenvalue weighted by molar-refractivity contribution is -0.0236. The van der Waals surface area contributed by atoms with E-state index in [1.54, 1.807) is 57.2 Å². The van der Waals surface area contributed by atoms with E-state index in [1.807, 2.05) is 38.1 Å². The lowest BCUT2D eigenvalue weighted by Gasteiger charge is -2.24. The fourth-order valence-electron chi connectivity index (χ4n) is 3.60. The molecule has 3 rings (SSSR count). The Morgan fingerprint density at radius 3 is 2.31 bits per heavy atom. The second-order valence-corrected chi connectivity index (χ2v) is 11.1. The molecule has 0 amide bonds. The van der Waals surface area contributed by atoms with Crippen LogP contribution in [0.2, 0.25) is 0 Å². The molecule has 0 aliphatic carbocycles. The number of furan rings is 1. The minimum Gasteiger partial charge on any atom is -0.465 e. The quantitative estimate of drug-likeness (QED) is 0.367. The van der Waals surface area contributed by atoms with Gasteiger partial charge in [0.15, 0.2) is 6.10 Å². The first-order valence-electron chi connectivity index (χ1n) is 11.6. The van der Waals surface area contributed by atoms with E-state index in [4.69, 9.17) is 13.9 Å². The van der Waals surface area contributed by atoms with Gasteiger partial charge in [-0.2, -0.15) is 0 Å². The minimum atomic E-state index is -3.70. The number of ether oxygens (including phenoxy) is 2. The van der Waals surface area contributed by atoms with Crippen LogP contribution < -0.4 is 4.72 Å². The zero-order valence-electron chi connectivity index (χ0n) is 20.8. The summed E-state index contributed by atoms with van der Waals surface area (Å²) < 4.78 is 45.4. The summed E-state index contributed by atoms with van der Waals surface area (Å²) >= 11 is 0. The lowest BCUT2D eigenvalue weighted by Crippen LogP contribution is -2.36. The first kappa shape index (κ1) is 26.5. The molecule has 1 aromatic heterocycles. The Kier molecular flexibility index (Phi) is 8.40. The largest absolute Gasteiger partial charge is 0.509 e. The fourth-order valence-corrected chi connectivity index (χ4v) is 4.92. The first-order valence-corrected chi connectivity index (χ1v) is 13.1. The molecular weight excluding hydrogens is 466 g/mol. The van der Waals surface area contributed by atoms with Crippen molar-refractivity contribution in [2.45, 2.75) is 70.1 Å². The van der Waals surface area contributed by atoms with Gasteiger partial charge in [-0.1, -0.05) is 48.9 Å². The average Bonchev–Trinajstić information content (AvgIpc) is 3.31. The minimum absolute atomic E-state index is 0.219. The molecule has 0 aliphatic rings. The van der Waals surface area contributed by atoms with E-state index in [0.29, 0.717) is 24.2 Å². The Morgan fingerprint density at radius 1 is 1.03 bits per heavy atom. The number of rotatable bonds is 9. The van der Waals surface area contributed by atoms with Crippen LogP contribution in [0.4, 0.5) is 4.79 Å². The van der Waals surface area contributed by atoms with Crippen molar-refractivity contribution in [2.75, 3.05) is 0 Å². The molecule has 8 heteroatoms. The third-order valence-electron chi connectivity index (χ3n) is 5.35. The van der Waals surface area contributed by atoms with Gasteiger partial charge in [0.05, 0.1) is 11.2 Å². The molecule has 2 unspecified atom stereocenters. The van der Waals surface area contributed by atoms with Crippen LogP contribution in [0.25, 0.3) is 0 Å². The third-order valence-corrected chi connectivity index (χ3v) is 6.89. The molecule has 2 aromatic carbocycles. The Labute approximate surface area is 207 Å². The van der Waals surface area contributed by atoms with Gasteiger partial charge in [0.2, 0.25) is 10.0 Å². The summed E-state index contributed by atoms with van der Waals surface area (Å²) in [5, 5.41) is 0. The van der Waals surface area contributed by atoms with Crippen molar-refractivity contribution < 1.29 is 27.1 Å². The highest BCUT2D eigenvalue weighted by molar-refractivity contribution is 7.89. The molecule has 188 valence electrons. The highest BCUT2D eigenvalue weighted by Gasteiger charge is 2.28. The van der Waals surface area contributed by atoms with Gasteiger partial charge >= 0.3 is 6.16 Å². The Hall–Kier alpha value is -3.10. The monoisotopic (exact) mass is 499 g/mol. The summed E-state index contributed by atoms with van der Waals surface area (Å²) in [5.41, 5.74) is 1.79. The number of benzene rings is 2. The maximum Gasteiger partial charge on any atom is 0.509 e. The van der Waals surface area contributed by atoms with Crippen LogP contribution in [0.5, 0.6) is 0 Å². The van der Waals surface area contributed by atoms with Crippen LogP contribution in [0.3, 0.4) is 0 Å². The molecule has 3 aromatic rings. The van der Waals surface area contributed by atoms with Gasteiger partial charge in [-0.15, -0.1) is 0 Å². The number of carbonyl (C=O) groups is 1. The number of nitrogens with one attached hydrogen (secondary N) is 1. The van der Waals surface area contributed by atoms with E-state index < -0.39 is 27.9 Å². The van der Waals surface area contributed by atoms with Crippen molar-refractivity contribution in [1.29, 1.82) is 0 Å². The molecule has 1 heterocycles. The summed E-state index contributed by atoms with van der Waals surface area (Å²) in [6.07, 6.45) is 0.807. The van der Waals surface area contributed by atoms with E-state index >= 15 is 0 Å². The molecule has 7 nitrogen and oxygen atoms in total. The zero-order chi connectivity index (χ0) is 25.6. The molecule has 0 spiro atoms. The van der Waals surface area contributed by atoms with E-state index in [-0.39, 0.29) is 10.9 Å². The van der Waals surface area contributed by atoms with E-state index in [1.165, 1.54) is 6.26 Å². The Bertz CT molecular complexity index is 1210. The molecular formula is C27H33NO6S. The van der Waals surface area contributed by atoms with Crippen LogP contribution in [0.1, 0.15) is 62.7 Å². The van der Waals surface area contributed by atoms with E-state index in [0.717, 1.165) is 11.1 Å². The van der Waals surface area contributed by atoms with Crippen molar-refractivity contribution in [1.82, 2.24) is 4.72 Å². The standard InChI is InChI=1S/C27H33NO6S/c1-6-21(28-35(30,31)22-15-13-19(2)14-16-22)18-20-10-7-8-11-23(20)25(24-12-9-17-32-24)33-26(29)34-27(3,4)5/h7-17,21,25,28H,6,18H2,1-5H3. The van der Waals surface area contributed by atoms with Gasteiger partial charge in [0, 0.05) is 11.6 Å². The van der Waals surface area contributed by atoms with Crippen LogP contribution >= 0.6 is 0 Å². The summed E-state index contributed by atoms with van der Waals surface area (Å²) in [6, 6.07) is 17.2. The molecule has 0 fully saturated rings. The van der Waals surface area contributed by atoms with E-state index in [9.17, 15) is 13.2 Å². The SMILES string of the molecule is CCC(Cc1ccccc1C(OC(=O)OC(C)(C)C)c1ccco1)NS(=O)(=O)c1ccc(C)cc1. The summed E-state index contributed by atoms with van der Waals surface area (Å²) in [4.78, 5) is 12.7. The number of hydrogen-bond acceptors (Lipinski definition) is 6. The van der Waals surface area contributed by atoms with Gasteiger partial charge in [-0.05, 0) is 70.4 Å². The number of sulfonamides is 1. The van der Waals surface area contributed by atoms with Crippen LogP contribution in [0, 0.1) is 6.92 Å². The van der Waals surface area contributed by atoms with Gasteiger partial charge in [-0.3, -0.25) is 0 Å². The first-order chi connectivity index (χ1) is 16.5. The van der Waals surface area contributed by atoms with Gasteiger partial charge in [0.25, 0.3) is 0 Å². The van der Waals surface area contributed by atoms with Crippen molar-refractivity contribution in [3.63, 3.8) is 0 Å². The van der Waals surface area contributed by atoms with Gasteiger partial charge in [-0.25, -0.2) is 17.9 Å². The predicted molar refractivity (Wildman–Crippen MR) is 134 cm³/mol. The molecule has 0 bridgehead atoms. The molecule has 0 saturated heterocycles.